The van der Waals surface area contributed by atoms with E-state index in [-0.39, 0.29) is 5.91 Å². The van der Waals surface area contributed by atoms with Gasteiger partial charge in [-0.25, -0.2) is 14.5 Å². The molecular weight excluding hydrogens is 414 g/mol. The van der Waals surface area contributed by atoms with E-state index in [1.165, 1.54) is 11.9 Å². The third-order valence-corrected chi connectivity index (χ3v) is 5.98. The number of nitrogens with zero attached hydrogens (tertiary/aromatic N) is 6. The number of para-hydroxylation sites is 2. The molecule has 2 aromatic carbocycles. The van der Waals surface area contributed by atoms with E-state index < -0.39 is 0 Å². The van der Waals surface area contributed by atoms with Gasteiger partial charge in [-0.1, -0.05) is 36.4 Å². The molecular formula is C25H25N7O. The molecule has 1 amide bonds. The third-order valence-electron chi connectivity index (χ3n) is 5.98. The third kappa shape index (κ3) is 4.32. The summed E-state index contributed by atoms with van der Waals surface area (Å²) >= 11 is 0. The summed E-state index contributed by atoms with van der Waals surface area (Å²) in [6.07, 6.45) is 4.38. The Morgan fingerprint density at radius 2 is 1.79 bits per heavy atom. The number of aromatic nitrogens is 6. The van der Waals surface area contributed by atoms with Gasteiger partial charge in [-0.2, -0.15) is 10.1 Å². The summed E-state index contributed by atoms with van der Waals surface area (Å²) < 4.78 is 3.86. The molecule has 0 aliphatic carbocycles. The summed E-state index contributed by atoms with van der Waals surface area (Å²) in [6.45, 7) is 5.20. The molecule has 0 unspecified atom stereocenters. The first-order chi connectivity index (χ1) is 16.1. The summed E-state index contributed by atoms with van der Waals surface area (Å²) in [4.78, 5) is 25.5. The van der Waals surface area contributed by atoms with E-state index in [1.54, 1.807) is 4.52 Å². The van der Waals surface area contributed by atoms with Crippen LogP contribution in [0.3, 0.4) is 0 Å². The van der Waals surface area contributed by atoms with E-state index in [1.807, 2.05) is 38.4 Å². The number of carbonyl (C=O) groups excluding carboxylic acids is 1. The molecule has 0 atom stereocenters. The van der Waals surface area contributed by atoms with Crippen molar-refractivity contribution < 1.29 is 4.79 Å². The minimum atomic E-state index is 0.0152. The number of amides is 1. The van der Waals surface area contributed by atoms with Gasteiger partial charge in [-0.3, -0.25) is 4.79 Å². The Hall–Kier alpha value is -4.07. The van der Waals surface area contributed by atoms with Crippen LogP contribution in [-0.4, -0.2) is 35.0 Å². The van der Waals surface area contributed by atoms with Gasteiger partial charge in [0, 0.05) is 30.9 Å². The molecule has 0 aliphatic rings. The highest BCUT2D eigenvalue weighted by Crippen LogP contribution is 2.16. The minimum Gasteiger partial charge on any atom is -0.352 e. The Bertz CT molecular complexity index is 1430. The minimum absolute atomic E-state index is 0.0152. The van der Waals surface area contributed by atoms with Gasteiger partial charge >= 0.3 is 0 Å². The second kappa shape index (κ2) is 8.82. The van der Waals surface area contributed by atoms with Crippen molar-refractivity contribution in [3.8, 4) is 0 Å². The SMILES string of the molecule is Cc1nc2ncnn2c(C)c1CCC(=O)NCc1ccc(Cn2cnc3ccccc32)cc1. The molecule has 33 heavy (non-hydrogen) atoms. The molecule has 1 N–H and O–H groups in total. The van der Waals surface area contributed by atoms with Crippen molar-refractivity contribution in [1.82, 2.24) is 34.4 Å². The van der Waals surface area contributed by atoms with Crippen LogP contribution >= 0.6 is 0 Å². The Balaban J connectivity index is 1.16. The van der Waals surface area contributed by atoms with Gasteiger partial charge < -0.3 is 9.88 Å². The summed E-state index contributed by atoms with van der Waals surface area (Å²) in [5, 5.41) is 7.23. The number of nitrogens with one attached hydrogen (secondary N) is 1. The lowest BCUT2D eigenvalue weighted by molar-refractivity contribution is -0.121. The van der Waals surface area contributed by atoms with E-state index in [0.717, 1.165) is 40.1 Å². The summed E-state index contributed by atoms with van der Waals surface area (Å²) in [6, 6.07) is 16.4. The van der Waals surface area contributed by atoms with Gasteiger partial charge in [0.2, 0.25) is 5.91 Å². The molecule has 0 aliphatic heterocycles. The fourth-order valence-corrected chi connectivity index (χ4v) is 4.14. The predicted octanol–water partition coefficient (Wildman–Crippen LogP) is 3.39. The van der Waals surface area contributed by atoms with Gasteiger partial charge in [-0.05, 0) is 49.1 Å². The molecule has 0 spiro atoms. The van der Waals surface area contributed by atoms with E-state index >= 15 is 0 Å². The largest absolute Gasteiger partial charge is 0.352 e. The molecule has 0 bridgehead atoms. The fourth-order valence-electron chi connectivity index (χ4n) is 4.14. The molecule has 0 radical (unpaired) electrons. The number of rotatable bonds is 7. The normalized spacial score (nSPS) is 11.3. The van der Waals surface area contributed by atoms with Crippen molar-refractivity contribution in [2.75, 3.05) is 0 Å². The Morgan fingerprint density at radius 3 is 2.64 bits per heavy atom. The van der Waals surface area contributed by atoms with E-state index in [0.29, 0.717) is 25.2 Å². The number of aryl methyl sites for hydroxylation is 2. The number of imidazole rings is 1. The Labute approximate surface area is 191 Å². The molecule has 166 valence electrons. The van der Waals surface area contributed by atoms with Crippen LogP contribution in [0.15, 0.2) is 61.2 Å². The van der Waals surface area contributed by atoms with Gasteiger partial charge in [-0.15, -0.1) is 0 Å². The summed E-state index contributed by atoms with van der Waals surface area (Å²) in [7, 11) is 0. The van der Waals surface area contributed by atoms with Crippen LogP contribution in [0.5, 0.6) is 0 Å². The Morgan fingerprint density at radius 1 is 1.00 bits per heavy atom. The van der Waals surface area contributed by atoms with E-state index in [9.17, 15) is 4.79 Å². The second-order valence-corrected chi connectivity index (χ2v) is 8.19. The maximum absolute atomic E-state index is 12.5. The van der Waals surface area contributed by atoms with Crippen molar-refractivity contribution in [3.63, 3.8) is 0 Å². The molecule has 3 heterocycles. The van der Waals surface area contributed by atoms with Crippen molar-refractivity contribution in [2.45, 2.75) is 39.8 Å². The number of benzene rings is 2. The van der Waals surface area contributed by atoms with Crippen molar-refractivity contribution in [2.24, 2.45) is 0 Å². The number of hydrogen-bond acceptors (Lipinski definition) is 5. The van der Waals surface area contributed by atoms with Gasteiger partial charge in [0.1, 0.15) is 6.33 Å². The molecule has 0 saturated carbocycles. The average Bonchev–Trinajstić information content (AvgIpc) is 3.46. The fraction of sp³-hybridized carbons (Fsp3) is 0.240. The molecule has 8 nitrogen and oxygen atoms in total. The topological polar surface area (TPSA) is 90.0 Å². The molecule has 0 fully saturated rings. The van der Waals surface area contributed by atoms with Crippen LogP contribution in [0, 0.1) is 13.8 Å². The zero-order valence-corrected chi connectivity index (χ0v) is 18.7. The molecule has 0 saturated heterocycles. The maximum Gasteiger partial charge on any atom is 0.252 e. The standard InChI is InChI=1S/C25H25N7O/c1-17-21(18(2)32-25(30-17)27-15-29-32)11-12-24(33)26-13-19-7-9-20(10-8-19)14-31-16-28-22-5-3-4-6-23(22)31/h3-10,15-16H,11-14H2,1-2H3,(H,26,33). The molecule has 8 heteroatoms. The van der Waals surface area contributed by atoms with Crippen LogP contribution in [0.25, 0.3) is 16.8 Å². The van der Waals surface area contributed by atoms with Crippen LogP contribution in [0.1, 0.15) is 34.5 Å². The van der Waals surface area contributed by atoms with Crippen molar-refractivity contribution >= 4 is 22.7 Å². The number of carbonyl (C=O) groups is 1. The van der Waals surface area contributed by atoms with Gasteiger partial charge in [0.15, 0.2) is 0 Å². The first-order valence-electron chi connectivity index (χ1n) is 11.0. The molecule has 5 aromatic rings. The maximum atomic E-state index is 12.5. The number of fused-ring (bicyclic) bond motifs is 2. The van der Waals surface area contributed by atoms with E-state index in [4.69, 9.17) is 0 Å². The lowest BCUT2D eigenvalue weighted by atomic mass is 10.1. The molecule has 5 rings (SSSR count). The highest BCUT2D eigenvalue weighted by atomic mass is 16.1. The van der Waals surface area contributed by atoms with Gasteiger partial charge in [0.05, 0.1) is 17.4 Å². The Kier molecular flexibility index (Phi) is 5.56. The average molecular weight is 440 g/mol. The highest BCUT2D eigenvalue weighted by molar-refractivity contribution is 5.76. The summed E-state index contributed by atoms with van der Waals surface area (Å²) in [5.41, 5.74) is 7.29. The highest BCUT2D eigenvalue weighted by Gasteiger charge is 2.12. The van der Waals surface area contributed by atoms with Crippen LogP contribution in [0.2, 0.25) is 0 Å². The van der Waals surface area contributed by atoms with Crippen LogP contribution in [0.4, 0.5) is 0 Å². The zero-order valence-electron chi connectivity index (χ0n) is 18.7. The summed E-state index contributed by atoms with van der Waals surface area (Å²) in [5.74, 6) is 0.601. The predicted molar refractivity (Wildman–Crippen MR) is 126 cm³/mol. The quantitative estimate of drug-likeness (QED) is 0.420. The second-order valence-electron chi connectivity index (χ2n) is 8.19. The first kappa shape index (κ1) is 20.8. The van der Waals surface area contributed by atoms with Crippen molar-refractivity contribution in [3.05, 3.63) is 89.3 Å². The van der Waals surface area contributed by atoms with Crippen molar-refractivity contribution in [1.29, 1.82) is 0 Å². The van der Waals surface area contributed by atoms with Gasteiger partial charge in [0.25, 0.3) is 5.78 Å². The monoisotopic (exact) mass is 439 g/mol. The number of hydrogen-bond donors (Lipinski definition) is 1. The van der Waals surface area contributed by atoms with Crippen LogP contribution < -0.4 is 5.32 Å². The lowest BCUT2D eigenvalue weighted by Gasteiger charge is -2.11. The molecule has 3 aromatic heterocycles. The van der Waals surface area contributed by atoms with Crippen LogP contribution in [-0.2, 0) is 24.3 Å². The lowest BCUT2D eigenvalue weighted by Crippen LogP contribution is -2.23. The first-order valence-corrected chi connectivity index (χ1v) is 11.0. The van der Waals surface area contributed by atoms with E-state index in [2.05, 4.69) is 60.3 Å². The zero-order chi connectivity index (χ0) is 22.8. The smallest absolute Gasteiger partial charge is 0.252 e.